The van der Waals surface area contributed by atoms with Gasteiger partial charge in [0, 0.05) is 18.2 Å². The third kappa shape index (κ3) is 3.65. The standard InChI is InChI=1S/C8H17NOS/c1-6-11-9(5)7(10)8(2,3)4/h6H2,1-5H3. The van der Waals surface area contributed by atoms with Crippen molar-refractivity contribution in [3.8, 4) is 0 Å². The van der Waals surface area contributed by atoms with Gasteiger partial charge in [0.15, 0.2) is 0 Å². The van der Waals surface area contributed by atoms with Gasteiger partial charge in [-0.1, -0.05) is 27.7 Å². The molecule has 0 aromatic carbocycles. The van der Waals surface area contributed by atoms with Crippen molar-refractivity contribution in [1.29, 1.82) is 0 Å². The molecule has 66 valence electrons. The summed E-state index contributed by atoms with van der Waals surface area (Å²) in [5.41, 5.74) is -0.253. The van der Waals surface area contributed by atoms with Crippen LogP contribution >= 0.6 is 11.9 Å². The molecule has 0 aliphatic carbocycles. The van der Waals surface area contributed by atoms with E-state index in [2.05, 4.69) is 0 Å². The minimum Gasteiger partial charge on any atom is -0.289 e. The molecular weight excluding hydrogens is 158 g/mol. The minimum atomic E-state index is -0.253. The van der Waals surface area contributed by atoms with E-state index in [9.17, 15) is 4.79 Å². The molecule has 1 amide bonds. The molecule has 0 radical (unpaired) electrons. The van der Waals surface area contributed by atoms with Crippen molar-refractivity contribution in [2.45, 2.75) is 27.7 Å². The Kier molecular flexibility index (Phi) is 3.93. The molecule has 0 bridgehead atoms. The molecule has 0 unspecified atom stereocenters. The van der Waals surface area contributed by atoms with Crippen molar-refractivity contribution in [3.63, 3.8) is 0 Å². The summed E-state index contributed by atoms with van der Waals surface area (Å²) in [6.45, 7) is 7.84. The molecule has 0 aromatic heterocycles. The second-order valence-electron chi connectivity index (χ2n) is 3.47. The summed E-state index contributed by atoms with van der Waals surface area (Å²) in [6, 6.07) is 0. The highest BCUT2D eigenvalue weighted by Crippen LogP contribution is 2.20. The number of carbonyl (C=O) groups is 1. The maximum atomic E-state index is 11.5. The van der Waals surface area contributed by atoms with Crippen LogP contribution in [0, 0.1) is 5.41 Å². The quantitative estimate of drug-likeness (QED) is 0.599. The van der Waals surface area contributed by atoms with E-state index in [1.165, 1.54) is 0 Å². The van der Waals surface area contributed by atoms with Crippen molar-refractivity contribution >= 4 is 17.9 Å². The van der Waals surface area contributed by atoms with Gasteiger partial charge in [0.2, 0.25) is 5.91 Å². The van der Waals surface area contributed by atoms with Crippen LogP contribution in [0.1, 0.15) is 27.7 Å². The summed E-state index contributed by atoms with van der Waals surface area (Å²) in [5.74, 6) is 1.13. The van der Waals surface area contributed by atoms with Crippen molar-refractivity contribution < 1.29 is 4.79 Å². The average molecular weight is 175 g/mol. The van der Waals surface area contributed by atoms with Gasteiger partial charge in [-0.15, -0.1) is 0 Å². The van der Waals surface area contributed by atoms with Gasteiger partial charge in [0.05, 0.1) is 0 Å². The molecule has 0 spiro atoms. The lowest BCUT2D eigenvalue weighted by Gasteiger charge is -2.24. The normalized spacial score (nSPS) is 11.4. The Morgan fingerprint density at radius 3 is 2.18 bits per heavy atom. The van der Waals surface area contributed by atoms with Gasteiger partial charge in [0.1, 0.15) is 0 Å². The maximum Gasteiger partial charge on any atom is 0.237 e. The van der Waals surface area contributed by atoms with E-state index < -0.39 is 0 Å². The zero-order valence-corrected chi connectivity index (χ0v) is 8.79. The van der Waals surface area contributed by atoms with Gasteiger partial charge in [-0.25, -0.2) is 0 Å². The third-order valence-electron chi connectivity index (χ3n) is 1.25. The fourth-order valence-corrected chi connectivity index (χ4v) is 1.50. The largest absolute Gasteiger partial charge is 0.289 e. The Morgan fingerprint density at radius 2 is 1.91 bits per heavy atom. The van der Waals surface area contributed by atoms with Crippen LogP contribution in [0.4, 0.5) is 0 Å². The van der Waals surface area contributed by atoms with Gasteiger partial charge in [-0.05, 0) is 11.9 Å². The monoisotopic (exact) mass is 175 g/mol. The Morgan fingerprint density at radius 1 is 1.45 bits per heavy atom. The van der Waals surface area contributed by atoms with E-state index in [0.29, 0.717) is 0 Å². The van der Waals surface area contributed by atoms with Crippen LogP contribution in [-0.2, 0) is 4.79 Å². The van der Waals surface area contributed by atoms with E-state index >= 15 is 0 Å². The Bertz CT molecular complexity index is 140. The van der Waals surface area contributed by atoms with Crippen molar-refractivity contribution in [1.82, 2.24) is 4.31 Å². The molecule has 0 N–H and O–H groups in total. The first-order valence-electron chi connectivity index (χ1n) is 3.80. The number of amides is 1. The van der Waals surface area contributed by atoms with Crippen LogP contribution in [0.2, 0.25) is 0 Å². The van der Waals surface area contributed by atoms with E-state index in [4.69, 9.17) is 0 Å². The number of rotatable bonds is 2. The molecule has 0 fully saturated rings. The van der Waals surface area contributed by atoms with Gasteiger partial charge in [-0.3, -0.25) is 9.10 Å². The highest BCUT2D eigenvalue weighted by atomic mass is 32.2. The van der Waals surface area contributed by atoms with Gasteiger partial charge in [0.25, 0.3) is 0 Å². The van der Waals surface area contributed by atoms with Crippen LogP contribution in [0.15, 0.2) is 0 Å². The maximum absolute atomic E-state index is 11.5. The molecule has 0 saturated heterocycles. The first-order valence-corrected chi connectivity index (χ1v) is 4.75. The smallest absolute Gasteiger partial charge is 0.237 e. The van der Waals surface area contributed by atoms with Gasteiger partial charge < -0.3 is 0 Å². The fourth-order valence-electron chi connectivity index (χ4n) is 0.725. The molecule has 2 nitrogen and oxygen atoms in total. The molecule has 0 rings (SSSR count). The summed E-state index contributed by atoms with van der Waals surface area (Å²) < 4.78 is 1.71. The van der Waals surface area contributed by atoms with E-state index in [1.807, 2.05) is 34.7 Å². The van der Waals surface area contributed by atoms with E-state index in [-0.39, 0.29) is 11.3 Å². The number of hydrogen-bond donors (Lipinski definition) is 0. The van der Waals surface area contributed by atoms with Gasteiger partial charge in [-0.2, -0.15) is 0 Å². The molecule has 0 saturated carbocycles. The van der Waals surface area contributed by atoms with E-state index in [1.54, 1.807) is 16.3 Å². The second-order valence-corrected chi connectivity index (χ2v) is 4.85. The Hall–Kier alpha value is -0.180. The summed E-state index contributed by atoms with van der Waals surface area (Å²) in [4.78, 5) is 11.5. The molecule has 0 aliphatic heterocycles. The number of nitrogens with zero attached hydrogens (tertiary/aromatic N) is 1. The summed E-state index contributed by atoms with van der Waals surface area (Å²) >= 11 is 1.55. The highest BCUT2D eigenvalue weighted by Gasteiger charge is 2.24. The lowest BCUT2D eigenvalue weighted by molar-refractivity contribution is -0.133. The molecule has 11 heavy (non-hydrogen) atoms. The van der Waals surface area contributed by atoms with Crippen molar-refractivity contribution in [2.24, 2.45) is 5.41 Å². The summed E-state index contributed by atoms with van der Waals surface area (Å²) in [5, 5.41) is 0. The molecule has 3 heteroatoms. The molecule has 0 heterocycles. The third-order valence-corrected chi connectivity index (χ3v) is 2.06. The minimum absolute atomic E-state index is 0.185. The average Bonchev–Trinajstić information content (AvgIpc) is 1.85. The van der Waals surface area contributed by atoms with Crippen molar-refractivity contribution in [3.05, 3.63) is 0 Å². The summed E-state index contributed by atoms with van der Waals surface area (Å²) in [7, 11) is 1.82. The van der Waals surface area contributed by atoms with Crippen LogP contribution in [0.5, 0.6) is 0 Å². The van der Waals surface area contributed by atoms with Crippen LogP contribution in [0.25, 0.3) is 0 Å². The Labute approximate surface area is 73.5 Å². The zero-order chi connectivity index (χ0) is 9.07. The Balaban J connectivity index is 4.03. The predicted octanol–water partition coefficient (Wildman–Crippen LogP) is 2.16. The summed E-state index contributed by atoms with van der Waals surface area (Å²) in [6.07, 6.45) is 0. The van der Waals surface area contributed by atoms with Crippen molar-refractivity contribution in [2.75, 3.05) is 12.8 Å². The predicted molar refractivity (Wildman–Crippen MR) is 50.4 cm³/mol. The molecule has 0 aromatic rings. The highest BCUT2D eigenvalue weighted by molar-refractivity contribution is 7.97. The lowest BCUT2D eigenvalue weighted by Crippen LogP contribution is -2.32. The number of carbonyl (C=O) groups excluding carboxylic acids is 1. The number of hydrogen-bond acceptors (Lipinski definition) is 2. The van der Waals surface area contributed by atoms with Crippen LogP contribution < -0.4 is 0 Å². The first-order chi connectivity index (χ1) is 4.89. The SMILES string of the molecule is CCSN(C)C(=O)C(C)(C)C. The zero-order valence-electron chi connectivity index (χ0n) is 7.97. The van der Waals surface area contributed by atoms with Gasteiger partial charge >= 0.3 is 0 Å². The second kappa shape index (κ2) is 4.00. The van der Waals surface area contributed by atoms with E-state index in [0.717, 1.165) is 5.75 Å². The fraction of sp³-hybridized carbons (Fsp3) is 0.875. The first kappa shape index (κ1) is 10.8. The van der Waals surface area contributed by atoms with Crippen LogP contribution in [0.3, 0.4) is 0 Å². The lowest BCUT2D eigenvalue weighted by atomic mass is 9.96. The molecule has 0 atom stereocenters. The molecular formula is C8H17NOS. The molecule has 0 aliphatic rings. The van der Waals surface area contributed by atoms with Crippen LogP contribution in [-0.4, -0.2) is 23.0 Å². The topological polar surface area (TPSA) is 20.3 Å².